The second-order valence-electron chi connectivity index (χ2n) is 3.99. The number of carbonyl (C=O) groups is 1. The highest BCUT2D eigenvalue weighted by molar-refractivity contribution is 9.10. The summed E-state index contributed by atoms with van der Waals surface area (Å²) in [7, 11) is 1.57. The van der Waals surface area contributed by atoms with E-state index < -0.39 is 11.9 Å². The predicted octanol–water partition coefficient (Wildman–Crippen LogP) is 2.27. The lowest BCUT2D eigenvalue weighted by Crippen LogP contribution is -2.34. The van der Waals surface area contributed by atoms with Gasteiger partial charge in [-0.25, -0.2) is 0 Å². The van der Waals surface area contributed by atoms with Crippen molar-refractivity contribution in [1.29, 1.82) is 0 Å². The van der Waals surface area contributed by atoms with E-state index in [1.807, 2.05) is 0 Å². The molecule has 0 aromatic heterocycles. The molecule has 8 heteroatoms. The van der Waals surface area contributed by atoms with Crippen LogP contribution in [0.3, 0.4) is 0 Å². The number of ether oxygens (including phenoxy) is 1. The molecule has 0 aliphatic carbocycles. The van der Waals surface area contributed by atoms with E-state index in [0.717, 1.165) is 10.0 Å². The lowest BCUT2D eigenvalue weighted by atomic mass is 10.1. The van der Waals surface area contributed by atoms with E-state index in [0.29, 0.717) is 25.3 Å². The molecule has 7 nitrogen and oxygen atoms in total. The minimum atomic E-state index is -0.594. The number of nitrogens with two attached hydrogens (primary N) is 1. The van der Waals surface area contributed by atoms with Crippen LogP contribution in [0, 0.1) is 0 Å². The first-order valence-electron chi connectivity index (χ1n) is 5.97. The van der Waals surface area contributed by atoms with Gasteiger partial charge in [-0.3, -0.25) is 4.79 Å². The van der Waals surface area contributed by atoms with Crippen LogP contribution in [0.4, 0.5) is 0 Å². The number of hydrogen-bond acceptors (Lipinski definition) is 4. The average molecular weight is 342 g/mol. The first-order chi connectivity index (χ1) is 9.60. The van der Waals surface area contributed by atoms with Crippen LogP contribution in [0.5, 0.6) is 5.75 Å². The third-order valence-electron chi connectivity index (χ3n) is 2.64. The molecule has 0 aliphatic rings. The van der Waals surface area contributed by atoms with Crippen LogP contribution in [0.25, 0.3) is 10.4 Å². The number of azide groups is 1. The Morgan fingerprint density at radius 2 is 2.40 bits per heavy atom. The summed E-state index contributed by atoms with van der Waals surface area (Å²) in [6.07, 6.45) is 0.630. The van der Waals surface area contributed by atoms with E-state index in [1.165, 1.54) is 0 Å². The van der Waals surface area contributed by atoms with Crippen LogP contribution >= 0.6 is 15.9 Å². The minimum Gasteiger partial charge on any atom is -0.496 e. The van der Waals surface area contributed by atoms with Crippen molar-refractivity contribution < 1.29 is 9.53 Å². The number of nitrogens with zero attached hydrogens (tertiary/aromatic N) is 3. The number of benzene rings is 1. The Morgan fingerprint density at radius 3 is 2.95 bits per heavy atom. The molecule has 3 N–H and O–H groups in total. The molecule has 0 heterocycles. The molecule has 1 amide bonds. The first-order valence-corrected chi connectivity index (χ1v) is 6.76. The van der Waals surface area contributed by atoms with Crippen molar-refractivity contribution in [2.75, 3.05) is 20.2 Å². The SMILES string of the molecule is COc1ccc(C(NCCCN=[N+]=[N-])C(N)=O)cc1Br. The van der Waals surface area contributed by atoms with Gasteiger partial charge in [-0.1, -0.05) is 11.2 Å². The number of rotatable bonds is 8. The number of primary amides is 1. The van der Waals surface area contributed by atoms with Crippen molar-refractivity contribution in [2.24, 2.45) is 10.8 Å². The zero-order valence-electron chi connectivity index (χ0n) is 11.0. The van der Waals surface area contributed by atoms with Gasteiger partial charge in [-0.2, -0.15) is 0 Å². The number of halogens is 1. The number of methoxy groups -OCH3 is 1. The molecule has 1 aromatic carbocycles. The zero-order chi connectivity index (χ0) is 15.0. The number of nitrogens with one attached hydrogen (secondary N) is 1. The Morgan fingerprint density at radius 1 is 1.65 bits per heavy atom. The summed E-state index contributed by atoms with van der Waals surface area (Å²) < 4.78 is 5.89. The Labute approximate surface area is 125 Å². The summed E-state index contributed by atoms with van der Waals surface area (Å²) in [5, 5.41) is 6.46. The van der Waals surface area contributed by atoms with E-state index in [9.17, 15) is 4.79 Å². The molecule has 1 aromatic rings. The molecule has 108 valence electrons. The molecule has 0 saturated carbocycles. The van der Waals surface area contributed by atoms with Crippen molar-refractivity contribution in [2.45, 2.75) is 12.5 Å². The molecule has 0 fully saturated rings. The van der Waals surface area contributed by atoms with Gasteiger partial charge in [0.25, 0.3) is 0 Å². The molecule has 1 unspecified atom stereocenters. The lowest BCUT2D eigenvalue weighted by molar-refractivity contribution is -0.120. The zero-order valence-corrected chi connectivity index (χ0v) is 12.6. The molecule has 0 radical (unpaired) electrons. The molecule has 20 heavy (non-hydrogen) atoms. The van der Waals surface area contributed by atoms with Gasteiger partial charge in [0.15, 0.2) is 0 Å². The second-order valence-corrected chi connectivity index (χ2v) is 4.85. The van der Waals surface area contributed by atoms with Gasteiger partial charge in [0.1, 0.15) is 11.8 Å². The van der Waals surface area contributed by atoms with Crippen LogP contribution in [0.15, 0.2) is 27.8 Å². The van der Waals surface area contributed by atoms with E-state index in [2.05, 4.69) is 31.3 Å². The molecular weight excluding hydrogens is 326 g/mol. The maximum atomic E-state index is 11.5. The van der Waals surface area contributed by atoms with Gasteiger partial charge in [-0.15, -0.1) is 0 Å². The van der Waals surface area contributed by atoms with E-state index in [4.69, 9.17) is 16.0 Å². The molecule has 1 rings (SSSR count). The molecule has 1 atom stereocenters. The largest absolute Gasteiger partial charge is 0.496 e. The topological polar surface area (TPSA) is 113 Å². The van der Waals surface area contributed by atoms with Crippen molar-refractivity contribution in [3.8, 4) is 5.75 Å². The average Bonchev–Trinajstić information content (AvgIpc) is 2.42. The fraction of sp³-hybridized carbons (Fsp3) is 0.417. The quantitative estimate of drug-likeness (QED) is 0.327. The van der Waals surface area contributed by atoms with Gasteiger partial charge in [0.05, 0.1) is 11.6 Å². The molecule has 0 aliphatic heterocycles. The maximum Gasteiger partial charge on any atom is 0.239 e. The molecule has 0 bridgehead atoms. The highest BCUT2D eigenvalue weighted by Crippen LogP contribution is 2.28. The highest BCUT2D eigenvalue weighted by Gasteiger charge is 2.17. The van der Waals surface area contributed by atoms with Gasteiger partial charge < -0.3 is 15.8 Å². The van der Waals surface area contributed by atoms with Crippen molar-refractivity contribution in [3.05, 3.63) is 38.7 Å². The predicted molar refractivity (Wildman–Crippen MR) is 79.3 cm³/mol. The Bertz CT molecular complexity index is 517. The monoisotopic (exact) mass is 341 g/mol. The molecule has 0 spiro atoms. The maximum absolute atomic E-state index is 11.5. The van der Waals surface area contributed by atoms with Crippen molar-refractivity contribution in [3.63, 3.8) is 0 Å². The van der Waals surface area contributed by atoms with Gasteiger partial charge in [0, 0.05) is 11.5 Å². The smallest absolute Gasteiger partial charge is 0.239 e. The lowest BCUT2D eigenvalue weighted by Gasteiger charge is -2.16. The van der Waals surface area contributed by atoms with Crippen LogP contribution in [0.1, 0.15) is 18.0 Å². The summed E-state index contributed by atoms with van der Waals surface area (Å²) in [4.78, 5) is 14.2. The summed E-state index contributed by atoms with van der Waals surface area (Å²) >= 11 is 3.37. The van der Waals surface area contributed by atoms with Gasteiger partial charge >= 0.3 is 0 Å². The van der Waals surface area contributed by atoms with Crippen LogP contribution in [0.2, 0.25) is 0 Å². The van der Waals surface area contributed by atoms with Crippen LogP contribution < -0.4 is 15.8 Å². The third-order valence-corrected chi connectivity index (χ3v) is 3.26. The fourth-order valence-electron chi connectivity index (χ4n) is 1.69. The number of hydrogen-bond donors (Lipinski definition) is 2. The van der Waals surface area contributed by atoms with Gasteiger partial charge in [0.2, 0.25) is 5.91 Å². The van der Waals surface area contributed by atoms with Crippen LogP contribution in [-0.2, 0) is 4.79 Å². The highest BCUT2D eigenvalue weighted by atomic mass is 79.9. The van der Waals surface area contributed by atoms with E-state index in [1.54, 1.807) is 25.3 Å². The second kappa shape index (κ2) is 8.42. The minimum absolute atomic E-state index is 0.376. The summed E-state index contributed by atoms with van der Waals surface area (Å²) in [6, 6.07) is 4.73. The molecular formula is C12H16BrN5O2. The van der Waals surface area contributed by atoms with Gasteiger partial charge in [-0.05, 0) is 52.1 Å². The fourth-order valence-corrected chi connectivity index (χ4v) is 2.24. The number of carbonyl (C=O) groups excluding carboxylic acids is 1. The Hall–Kier alpha value is -1.76. The summed E-state index contributed by atoms with van der Waals surface area (Å²) in [5.41, 5.74) is 14.3. The first kappa shape index (κ1) is 16.3. The van der Waals surface area contributed by atoms with E-state index >= 15 is 0 Å². The normalized spacial score (nSPS) is 11.5. The standard InChI is InChI=1S/C12H16BrN5O2/c1-20-10-4-3-8(7-9(10)13)11(12(14)19)16-5-2-6-17-18-15/h3-4,7,11,16H,2,5-6H2,1H3,(H2,14,19). The Kier molecular flexibility index (Phi) is 6.86. The van der Waals surface area contributed by atoms with Crippen molar-refractivity contribution in [1.82, 2.24) is 5.32 Å². The Balaban J connectivity index is 2.73. The third kappa shape index (κ3) is 4.73. The summed E-state index contributed by atoms with van der Waals surface area (Å²) in [5.74, 6) is 0.214. The molecule has 0 saturated heterocycles. The van der Waals surface area contributed by atoms with Crippen LogP contribution in [-0.4, -0.2) is 26.1 Å². The summed E-state index contributed by atoms with van der Waals surface area (Å²) in [6.45, 7) is 0.900. The number of amides is 1. The van der Waals surface area contributed by atoms with Crippen molar-refractivity contribution >= 4 is 21.8 Å². The van der Waals surface area contributed by atoms with E-state index in [-0.39, 0.29) is 0 Å².